The number of hydrogen-bond donors (Lipinski definition) is 2. The molecule has 18 heavy (non-hydrogen) atoms. The van der Waals surface area contributed by atoms with Gasteiger partial charge in [-0.15, -0.1) is 0 Å². The number of nitrogens with zero attached hydrogens (tertiary/aromatic N) is 1. The standard InChI is InChI=1S/C14H21N3O/c1-11(12-6-5-9-15-10-12)16-14(18)17-13-7-3-2-4-8-13/h5-6,9-11,13H,2-4,7-8H2,1H3,(H2,16,17,18)/t11-/m0/s1. The van der Waals surface area contributed by atoms with Crippen LogP contribution in [0.5, 0.6) is 0 Å². The molecule has 0 spiro atoms. The molecular weight excluding hydrogens is 226 g/mol. The minimum absolute atomic E-state index is 0.0118. The van der Waals surface area contributed by atoms with Crippen LogP contribution >= 0.6 is 0 Å². The maximum atomic E-state index is 11.9. The minimum atomic E-state index is -0.0711. The van der Waals surface area contributed by atoms with Crippen LogP contribution in [0, 0.1) is 0 Å². The molecule has 0 aliphatic heterocycles. The van der Waals surface area contributed by atoms with Gasteiger partial charge in [0.1, 0.15) is 0 Å². The van der Waals surface area contributed by atoms with E-state index in [2.05, 4.69) is 15.6 Å². The van der Waals surface area contributed by atoms with Crippen LogP contribution in [-0.4, -0.2) is 17.1 Å². The van der Waals surface area contributed by atoms with Gasteiger partial charge >= 0.3 is 6.03 Å². The highest BCUT2D eigenvalue weighted by Crippen LogP contribution is 2.17. The van der Waals surface area contributed by atoms with Gasteiger partial charge in [0, 0.05) is 18.4 Å². The van der Waals surface area contributed by atoms with Crippen molar-refractivity contribution in [2.45, 2.75) is 51.1 Å². The van der Waals surface area contributed by atoms with Crippen molar-refractivity contribution in [2.75, 3.05) is 0 Å². The summed E-state index contributed by atoms with van der Waals surface area (Å²) >= 11 is 0. The molecule has 2 amide bonds. The molecule has 1 saturated carbocycles. The summed E-state index contributed by atoms with van der Waals surface area (Å²) in [5.74, 6) is 0. The van der Waals surface area contributed by atoms with E-state index in [9.17, 15) is 4.79 Å². The summed E-state index contributed by atoms with van der Waals surface area (Å²) in [4.78, 5) is 15.9. The first-order chi connectivity index (χ1) is 8.75. The third kappa shape index (κ3) is 3.72. The molecule has 4 heteroatoms. The SMILES string of the molecule is C[C@H](NC(=O)NC1CCCCC1)c1cccnc1. The predicted octanol–water partition coefficient (Wildman–Crippen LogP) is 2.77. The van der Waals surface area contributed by atoms with E-state index in [1.54, 1.807) is 12.4 Å². The van der Waals surface area contributed by atoms with Crippen molar-refractivity contribution in [3.63, 3.8) is 0 Å². The smallest absolute Gasteiger partial charge is 0.315 e. The van der Waals surface area contributed by atoms with Crippen LogP contribution < -0.4 is 10.6 Å². The molecule has 1 atom stereocenters. The molecule has 1 aliphatic rings. The molecule has 0 radical (unpaired) electrons. The van der Waals surface area contributed by atoms with Crippen LogP contribution in [0.25, 0.3) is 0 Å². The first-order valence-electron chi connectivity index (χ1n) is 6.72. The van der Waals surface area contributed by atoms with Crippen molar-refractivity contribution in [1.82, 2.24) is 15.6 Å². The summed E-state index contributed by atoms with van der Waals surface area (Å²) in [5, 5.41) is 6.00. The summed E-state index contributed by atoms with van der Waals surface area (Å²) in [7, 11) is 0. The molecule has 2 rings (SSSR count). The molecule has 0 aromatic carbocycles. The van der Waals surface area contributed by atoms with E-state index >= 15 is 0 Å². The lowest BCUT2D eigenvalue weighted by atomic mass is 9.96. The summed E-state index contributed by atoms with van der Waals surface area (Å²) in [6, 6.07) is 4.12. The minimum Gasteiger partial charge on any atom is -0.335 e. The zero-order valence-corrected chi connectivity index (χ0v) is 10.9. The van der Waals surface area contributed by atoms with Gasteiger partial charge in [-0.05, 0) is 31.4 Å². The number of nitrogens with one attached hydrogen (secondary N) is 2. The summed E-state index contributed by atoms with van der Waals surface area (Å²) in [6.45, 7) is 1.97. The fraction of sp³-hybridized carbons (Fsp3) is 0.571. The van der Waals surface area contributed by atoms with E-state index in [4.69, 9.17) is 0 Å². The van der Waals surface area contributed by atoms with Gasteiger partial charge < -0.3 is 10.6 Å². The quantitative estimate of drug-likeness (QED) is 0.863. The van der Waals surface area contributed by atoms with Crippen molar-refractivity contribution < 1.29 is 4.79 Å². The molecule has 1 aliphatic carbocycles. The lowest BCUT2D eigenvalue weighted by molar-refractivity contribution is 0.229. The Hall–Kier alpha value is -1.58. The first kappa shape index (κ1) is 12.9. The zero-order chi connectivity index (χ0) is 12.8. The van der Waals surface area contributed by atoms with Gasteiger partial charge in [0.15, 0.2) is 0 Å². The maximum Gasteiger partial charge on any atom is 0.315 e. The van der Waals surface area contributed by atoms with E-state index < -0.39 is 0 Å². The normalized spacial score (nSPS) is 18.1. The number of hydrogen-bond acceptors (Lipinski definition) is 2. The van der Waals surface area contributed by atoms with E-state index in [1.807, 2.05) is 19.1 Å². The average Bonchev–Trinajstić information content (AvgIpc) is 2.40. The van der Waals surface area contributed by atoms with Crippen LogP contribution in [0.3, 0.4) is 0 Å². The van der Waals surface area contributed by atoms with Crippen molar-refractivity contribution >= 4 is 6.03 Å². The summed E-state index contributed by atoms with van der Waals surface area (Å²) in [6.07, 6.45) is 9.48. The molecule has 1 fully saturated rings. The van der Waals surface area contributed by atoms with E-state index in [0.717, 1.165) is 18.4 Å². The van der Waals surface area contributed by atoms with E-state index in [0.29, 0.717) is 6.04 Å². The molecule has 1 aromatic rings. The van der Waals surface area contributed by atoms with Crippen LogP contribution in [-0.2, 0) is 0 Å². The van der Waals surface area contributed by atoms with Gasteiger partial charge in [-0.1, -0.05) is 25.3 Å². The second kappa shape index (κ2) is 6.38. The average molecular weight is 247 g/mol. The molecule has 0 saturated heterocycles. The van der Waals surface area contributed by atoms with Crippen LogP contribution in [0.2, 0.25) is 0 Å². The molecule has 0 unspecified atom stereocenters. The van der Waals surface area contributed by atoms with Gasteiger partial charge in [-0.2, -0.15) is 0 Å². The Morgan fingerprint density at radius 1 is 1.39 bits per heavy atom. The van der Waals surface area contributed by atoms with E-state index in [-0.39, 0.29) is 12.1 Å². The highest BCUT2D eigenvalue weighted by molar-refractivity contribution is 5.74. The second-order valence-electron chi connectivity index (χ2n) is 4.96. The van der Waals surface area contributed by atoms with Gasteiger partial charge in [0.25, 0.3) is 0 Å². The van der Waals surface area contributed by atoms with Crippen LogP contribution in [0.15, 0.2) is 24.5 Å². The number of rotatable bonds is 3. The lowest BCUT2D eigenvalue weighted by Gasteiger charge is -2.24. The van der Waals surface area contributed by atoms with Gasteiger partial charge in [-0.3, -0.25) is 4.98 Å². The number of carbonyl (C=O) groups is 1. The van der Waals surface area contributed by atoms with Crippen molar-refractivity contribution in [2.24, 2.45) is 0 Å². The fourth-order valence-electron chi connectivity index (χ4n) is 2.39. The Bertz CT molecular complexity index is 374. The molecule has 4 nitrogen and oxygen atoms in total. The Morgan fingerprint density at radius 3 is 2.83 bits per heavy atom. The molecule has 1 heterocycles. The Labute approximate surface area is 108 Å². The molecule has 1 aromatic heterocycles. The number of amides is 2. The highest BCUT2D eigenvalue weighted by atomic mass is 16.2. The van der Waals surface area contributed by atoms with E-state index in [1.165, 1.54) is 19.3 Å². The second-order valence-corrected chi connectivity index (χ2v) is 4.96. The van der Waals surface area contributed by atoms with Crippen LogP contribution in [0.4, 0.5) is 4.79 Å². The number of pyridine rings is 1. The predicted molar refractivity (Wildman–Crippen MR) is 71.2 cm³/mol. The molecule has 0 bridgehead atoms. The molecule has 98 valence electrons. The largest absolute Gasteiger partial charge is 0.335 e. The maximum absolute atomic E-state index is 11.9. The summed E-state index contributed by atoms with van der Waals surface area (Å²) in [5.41, 5.74) is 1.02. The van der Waals surface area contributed by atoms with Crippen molar-refractivity contribution in [1.29, 1.82) is 0 Å². The van der Waals surface area contributed by atoms with Gasteiger partial charge in [-0.25, -0.2) is 4.79 Å². The third-order valence-corrected chi connectivity index (χ3v) is 3.47. The number of aromatic nitrogens is 1. The van der Waals surface area contributed by atoms with Gasteiger partial charge in [0.05, 0.1) is 6.04 Å². The first-order valence-corrected chi connectivity index (χ1v) is 6.72. The monoisotopic (exact) mass is 247 g/mol. The van der Waals surface area contributed by atoms with Crippen molar-refractivity contribution in [3.05, 3.63) is 30.1 Å². The molecule has 2 N–H and O–H groups in total. The third-order valence-electron chi connectivity index (χ3n) is 3.47. The highest BCUT2D eigenvalue weighted by Gasteiger charge is 2.16. The Kier molecular flexibility index (Phi) is 4.56. The zero-order valence-electron chi connectivity index (χ0n) is 10.9. The van der Waals surface area contributed by atoms with Gasteiger partial charge in [0.2, 0.25) is 0 Å². The lowest BCUT2D eigenvalue weighted by Crippen LogP contribution is -2.43. The number of carbonyl (C=O) groups excluding carboxylic acids is 1. The van der Waals surface area contributed by atoms with Crippen LogP contribution in [0.1, 0.15) is 50.6 Å². The van der Waals surface area contributed by atoms with Crippen molar-refractivity contribution in [3.8, 4) is 0 Å². The fourth-order valence-corrected chi connectivity index (χ4v) is 2.39. The number of urea groups is 1. The molecular formula is C14H21N3O. The topological polar surface area (TPSA) is 54.0 Å². The Balaban J connectivity index is 1.80. The summed E-state index contributed by atoms with van der Waals surface area (Å²) < 4.78 is 0. The Morgan fingerprint density at radius 2 is 2.17 bits per heavy atom.